The average molecular weight is 274 g/mol. The first-order valence-electron chi connectivity index (χ1n) is 6.53. The fourth-order valence-electron chi connectivity index (χ4n) is 2.41. The molecular formula is C15H18N2O3. The molecule has 1 heterocycles. The van der Waals surface area contributed by atoms with Gasteiger partial charge in [0.25, 0.3) is 0 Å². The first-order chi connectivity index (χ1) is 9.61. The summed E-state index contributed by atoms with van der Waals surface area (Å²) in [6, 6.07) is 7.10. The molecule has 0 fully saturated rings. The molecule has 0 spiro atoms. The Hall–Kier alpha value is -2.14. The molecule has 1 unspecified atom stereocenters. The third kappa shape index (κ3) is 3.24. The number of carboxylic acids is 1. The Balaban J connectivity index is 2.12. The van der Waals surface area contributed by atoms with Crippen LogP contribution in [-0.2, 0) is 22.6 Å². The monoisotopic (exact) mass is 274 g/mol. The number of carbonyl (C=O) groups excluding carboxylic acids is 1. The van der Waals surface area contributed by atoms with Crippen LogP contribution in [0, 0.1) is 0 Å². The van der Waals surface area contributed by atoms with Crippen molar-refractivity contribution < 1.29 is 14.7 Å². The van der Waals surface area contributed by atoms with E-state index in [4.69, 9.17) is 0 Å². The van der Waals surface area contributed by atoms with Gasteiger partial charge in [0.15, 0.2) is 0 Å². The number of hydrogen-bond acceptors (Lipinski definition) is 3. The van der Waals surface area contributed by atoms with Gasteiger partial charge in [-0.05, 0) is 17.5 Å². The predicted octanol–water partition coefficient (Wildman–Crippen LogP) is 0.800. The smallest absolute Gasteiger partial charge is 0.321 e. The predicted molar refractivity (Wildman–Crippen MR) is 75.2 cm³/mol. The highest BCUT2D eigenvalue weighted by molar-refractivity contribution is 5.80. The molecule has 5 heteroatoms. The summed E-state index contributed by atoms with van der Waals surface area (Å²) in [5, 5.41) is 12.0. The summed E-state index contributed by atoms with van der Waals surface area (Å²) in [4.78, 5) is 24.8. The molecule has 0 aliphatic carbocycles. The number of rotatable bonds is 5. The van der Waals surface area contributed by atoms with Crippen LogP contribution in [-0.4, -0.2) is 41.0 Å². The van der Waals surface area contributed by atoms with Crippen molar-refractivity contribution in [3.8, 4) is 0 Å². The standard InChI is InChI=1S/C15H18N2O3/c1-2-7-16-14(18)10-17-9-12-6-4-3-5-11(12)8-13(17)15(19)20/h2-6,13H,1,7-10H2,(H,16,18)(H,19,20). The Bertz CT molecular complexity index is 528. The molecule has 20 heavy (non-hydrogen) atoms. The second kappa shape index (κ2) is 6.34. The van der Waals surface area contributed by atoms with E-state index in [1.165, 1.54) is 0 Å². The Morgan fingerprint density at radius 3 is 2.75 bits per heavy atom. The zero-order valence-corrected chi connectivity index (χ0v) is 11.2. The lowest BCUT2D eigenvalue weighted by molar-refractivity contribution is -0.144. The van der Waals surface area contributed by atoms with E-state index in [1.807, 2.05) is 24.3 Å². The number of amides is 1. The number of nitrogens with zero attached hydrogens (tertiary/aromatic N) is 1. The number of fused-ring (bicyclic) bond motifs is 1. The van der Waals surface area contributed by atoms with E-state index in [0.29, 0.717) is 19.5 Å². The van der Waals surface area contributed by atoms with Crippen molar-refractivity contribution in [3.05, 3.63) is 48.0 Å². The van der Waals surface area contributed by atoms with Crippen molar-refractivity contribution in [2.24, 2.45) is 0 Å². The number of hydrogen-bond donors (Lipinski definition) is 2. The Kier molecular flexibility index (Phi) is 4.53. The minimum absolute atomic E-state index is 0.0825. The first kappa shape index (κ1) is 14.3. The normalized spacial score (nSPS) is 18.1. The average Bonchev–Trinajstić information content (AvgIpc) is 2.44. The van der Waals surface area contributed by atoms with Crippen molar-refractivity contribution in [3.63, 3.8) is 0 Å². The van der Waals surface area contributed by atoms with Crippen LogP contribution >= 0.6 is 0 Å². The van der Waals surface area contributed by atoms with Crippen molar-refractivity contribution in [1.82, 2.24) is 10.2 Å². The quantitative estimate of drug-likeness (QED) is 0.779. The van der Waals surface area contributed by atoms with Gasteiger partial charge in [0.05, 0.1) is 6.54 Å². The van der Waals surface area contributed by atoms with E-state index in [2.05, 4.69) is 11.9 Å². The first-order valence-corrected chi connectivity index (χ1v) is 6.53. The summed E-state index contributed by atoms with van der Waals surface area (Å²) in [6.07, 6.45) is 2.03. The molecule has 1 aromatic carbocycles. The third-order valence-corrected chi connectivity index (χ3v) is 3.42. The minimum Gasteiger partial charge on any atom is -0.480 e. The minimum atomic E-state index is -0.893. The second-order valence-electron chi connectivity index (χ2n) is 4.82. The van der Waals surface area contributed by atoms with Gasteiger partial charge < -0.3 is 10.4 Å². The summed E-state index contributed by atoms with van der Waals surface area (Å²) in [7, 11) is 0. The maximum atomic E-state index is 11.8. The van der Waals surface area contributed by atoms with E-state index < -0.39 is 12.0 Å². The summed E-state index contributed by atoms with van der Waals surface area (Å²) in [5.74, 6) is -1.08. The number of carboxylic acid groups (broad SMARTS) is 1. The van der Waals surface area contributed by atoms with Crippen LogP contribution in [0.5, 0.6) is 0 Å². The van der Waals surface area contributed by atoms with Gasteiger partial charge in [-0.2, -0.15) is 0 Å². The largest absolute Gasteiger partial charge is 0.480 e. The van der Waals surface area contributed by atoms with Gasteiger partial charge in [0.2, 0.25) is 5.91 Å². The van der Waals surface area contributed by atoms with Gasteiger partial charge in [0.1, 0.15) is 6.04 Å². The highest BCUT2D eigenvalue weighted by atomic mass is 16.4. The van der Waals surface area contributed by atoms with Crippen molar-refractivity contribution in [1.29, 1.82) is 0 Å². The molecular weight excluding hydrogens is 256 g/mol. The maximum Gasteiger partial charge on any atom is 0.321 e. The van der Waals surface area contributed by atoms with Crippen LogP contribution in [0.1, 0.15) is 11.1 Å². The Morgan fingerprint density at radius 1 is 1.40 bits per heavy atom. The van der Waals surface area contributed by atoms with Crippen molar-refractivity contribution in [2.75, 3.05) is 13.1 Å². The number of carbonyl (C=O) groups is 2. The lowest BCUT2D eigenvalue weighted by atomic mass is 9.94. The molecule has 1 atom stereocenters. The van der Waals surface area contributed by atoms with Gasteiger partial charge in [-0.15, -0.1) is 6.58 Å². The zero-order valence-electron chi connectivity index (χ0n) is 11.2. The van der Waals surface area contributed by atoms with E-state index in [0.717, 1.165) is 11.1 Å². The van der Waals surface area contributed by atoms with Crippen LogP contribution in [0.4, 0.5) is 0 Å². The van der Waals surface area contributed by atoms with Crippen LogP contribution in [0.15, 0.2) is 36.9 Å². The highest BCUT2D eigenvalue weighted by Crippen LogP contribution is 2.23. The van der Waals surface area contributed by atoms with E-state index >= 15 is 0 Å². The highest BCUT2D eigenvalue weighted by Gasteiger charge is 2.32. The van der Waals surface area contributed by atoms with E-state index in [9.17, 15) is 14.7 Å². The van der Waals surface area contributed by atoms with Crippen LogP contribution in [0.2, 0.25) is 0 Å². The molecule has 1 aromatic rings. The summed E-state index contributed by atoms with van der Waals surface area (Å²) in [6.45, 7) is 4.48. The fourth-order valence-corrected chi connectivity index (χ4v) is 2.41. The third-order valence-electron chi connectivity index (χ3n) is 3.42. The Morgan fingerprint density at radius 2 is 2.10 bits per heavy atom. The molecule has 0 saturated carbocycles. The summed E-state index contributed by atoms with van der Waals surface area (Å²) in [5.41, 5.74) is 2.13. The zero-order chi connectivity index (χ0) is 14.5. The van der Waals surface area contributed by atoms with Crippen LogP contribution in [0.25, 0.3) is 0 Å². The van der Waals surface area contributed by atoms with Gasteiger partial charge >= 0.3 is 5.97 Å². The number of benzene rings is 1. The van der Waals surface area contributed by atoms with Crippen molar-refractivity contribution >= 4 is 11.9 Å². The summed E-state index contributed by atoms with van der Waals surface area (Å²) >= 11 is 0. The van der Waals surface area contributed by atoms with Gasteiger partial charge in [-0.3, -0.25) is 14.5 Å². The van der Waals surface area contributed by atoms with Crippen molar-refractivity contribution in [2.45, 2.75) is 19.0 Å². The van der Waals surface area contributed by atoms with Crippen LogP contribution < -0.4 is 5.32 Å². The Labute approximate surface area is 117 Å². The van der Waals surface area contributed by atoms with E-state index in [1.54, 1.807) is 11.0 Å². The fraction of sp³-hybridized carbons (Fsp3) is 0.333. The molecule has 5 nitrogen and oxygen atoms in total. The molecule has 106 valence electrons. The topological polar surface area (TPSA) is 69.6 Å². The molecule has 0 aromatic heterocycles. The molecule has 0 radical (unpaired) electrons. The lowest BCUT2D eigenvalue weighted by Gasteiger charge is -2.33. The molecule has 2 N–H and O–H groups in total. The lowest BCUT2D eigenvalue weighted by Crippen LogP contribution is -2.49. The van der Waals surface area contributed by atoms with Gasteiger partial charge in [0, 0.05) is 13.1 Å². The molecule has 2 rings (SSSR count). The molecule has 1 aliphatic rings. The molecule has 1 amide bonds. The van der Waals surface area contributed by atoms with E-state index in [-0.39, 0.29) is 12.5 Å². The summed E-state index contributed by atoms with van der Waals surface area (Å²) < 4.78 is 0. The second-order valence-corrected chi connectivity index (χ2v) is 4.82. The molecule has 1 aliphatic heterocycles. The SMILES string of the molecule is C=CCNC(=O)CN1Cc2ccccc2CC1C(=O)O. The maximum absolute atomic E-state index is 11.8. The number of aliphatic carboxylic acids is 1. The molecule has 0 saturated heterocycles. The van der Waals surface area contributed by atoms with Gasteiger partial charge in [-0.1, -0.05) is 30.3 Å². The molecule has 0 bridgehead atoms. The number of nitrogens with one attached hydrogen (secondary N) is 1. The van der Waals surface area contributed by atoms with Crippen LogP contribution in [0.3, 0.4) is 0 Å². The van der Waals surface area contributed by atoms with Gasteiger partial charge in [-0.25, -0.2) is 0 Å².